The zero-order valence-corrected chi connectivity index (χ0v) is 21.8. The van der Waals surface area contributed by atoms with E-state index in [4.69, 9.17) is 0 Å². The van der Waals surface area contributed by atoms with Crippen LogP contribution in [0.3, 0.4) is 0 Å². The summed E-state index contributed by atoms with van der Waals surface area (Å²) in [6.07, 6.45) is 4.76. The van der Waals surface area contributed by atoms with Crippen molar-refractivity contribution in [2.45, 2.75) is 31.7 Å². The Hall–Kier alpha value is -3.08. The molecule has 0 amide bonds. The fourth-order valence-electron chi connectivity index (χ4n) is 5.02. The summed E-state index contributed by atoms with van der Waals surface area (Å²) in [5.74, 6) is 0.154. The Kier molecular flexibility index (Phi) is 6.44. The van der Waals surface area contributed by atoms with Gasteiger partial charge in [0.05, 0.1) is 23.6 Å². The van der Waals surface area contributed by atoms with Crippen LogP contribution in [0.2, 0.25) is 0 Å². The van der Waals surface area contributed by atoms with E-state index in [9.17, 15) is 12.8 Å². The average molecular weight is 511 g/mol. The number of hydrogen-bond donors (Lipinski definition) is 0. The molecule has 1 atom stereocenters. The largest absolute Gasteiger partial charge is 0.293 e. The third-order valence-corrected chi connectivity index (χ3v) is 8.58. The molecule has 1 aliphatic rings. The van der Waals surface area contributed by atoms with E-state index in [-0.39, 0.29) is 16.8 Å². The SMILES string of the molecule is Cc1cc2c(cnn2-c2ccc(F)cc2)cc1[C@H]1CN(S(=O)(=O)c2cnn(C)c2)CCN1CC(C)C. The summed E-state index contributed by atoms with van der Waals surface area (Å²) in [6.45, 7) is 8.73. The van der Waals surface area contributed by atoms with E-state index in [1.807, 2.05) is 0 Å². The zero-order chi connectivity index (χ0) is 25.6. The van der Waals surface area contributed by atoms with Gasteiger partial charge in [-0.05, 0) is 60.4 Å². The minimum atomic E-state index is -3.65. The quantitative estimate of drug-likeness (QED) is 0.393. The molecule has 0 spiro atoms. The highest BCUT2D eigenvalue weighted by atomic mass is 32.2. The third kappa shape index (κ3) is 4.56. The summed E-state index contributed by atoms with van der Waals surface area (Å²) in [4.78, 5) is 2.60. The van der Waals surface area contributed by atoms with Crippen molar-refractivity contribution in [3.05, 3.63) is 71.9 Å². The summed E-state index contributed by atoms with van der Waals surface area (Å²) in [6, 6.07) is 10.4. The van der Waals surface area contributed by atoms with Gasteiger partial charge in [-0.25, -0.2) is 17.5 Å². The van der Waals surface area contributed by atoms with Gasteiger partial charge in [-0.15, -0.1) is 0 Å². The molecule has 3 heterocycles. The molecule has 190 valence electrons. The predicted molar refractivity (Wildman–Crippen MR) is 137 cm³/mol. The number of fused-ring (bicyclic) bond motifs is 1. The van der Waals surface area contributed by atoms with Crippen LogP contribution in [0.4, 0.5) is 4.39 Å². The highest BCUT2D eigenvalue weighted by Crippen LogP contribution is 2.34. The van der Waals surface area contributed by atoms with Crippen LogP contribution in [0.15, 0.2) is 59.9 Å². The number of hydrogen-bond acceptors (Lipinski definition) is 5. The van der Waals surface area contributed by atoms with Crippen molar-refractivity contribution < 1.29 is 12.8 Å². The molecule has 0 unspecified atom stereocenters. The molecule has 2 aromatic carbocycles. The minimum absolute atomic E-state index is 0.0915. The van der Waals surface area contributed by atoms with E-state index in [1.165, 1.54) is 23.0 Å². The van der Waals surface area contributed by atoms with Gasteiger partial charge in [0.2, 0.25) is 10.0 Å². The van der Waals surface area contributed by atoms with Crippen molar-refractivity contribution in [1.29, 1.82) is 0 Å². The average Bonchev–Trinajstić information content (AvgIpc) is 3.45. The Balaban J connectivity index is 1.53. The van der Waals surface area contributed by atoms with Gasteiger partial charge < -0.3 is 0 Å². The fourth-order valence-corrected chi connectivity index (χ4v) is 6.44. The van der Waals surface area contributed by atoms with E-state index in [1.54, 1.807) is 40.6 Å². The van der Waals surface area contributed by atoms with Crippen LogP contribution < -0.4 is 0 Å². The molecule has 5 rings (SSSR count). The van der Waals surface area contributed by atoms with Crippen molar-refractivity contribution in [2.75, 3.05) is 26.2 Å². The number of benzene rings is 2. The van der Waals surface area contributed by atoms with Gasteiger partial charge in [0.15, 0.2) is 0 Å². The van der Waals surface area contributed by atoms with Crippen LogP contribution in [-0.4, -0.2) is 63.4 Å². The topological polar surface area (TPSA) is 76.3 Å². The molecular weight excluding hydrogens is 479 g/mol. The number of halogens is 1. The van der Waals surface area contributed by atoms with Gasteiger partial charge in [0, 0.05) is 50.9 Å². The zero-order valence-electron chi connectivity index (χ0n) is 21.0. The number of sulfonamides is 1. The summed E-state index contributed by atoms with van der Waals surface area (Å²) < 4.78 is 45.1. The van der Waals surface area contributed by atoms with Crippen molar-refractivity contribution in [1.82, 2.24) is 28.8 Å². The van der Waals surface area contributed by atoms with Crippen molar-refractivity contribution in [2.24, 2.45) is 13.0 Å². The predicted octanol–water partition coefficient (Wildman–Crippen LogP) is 3.91. The van der Waals surface area contributed by atoms with Crippen LogP contribution >= 0.6 is 0 Å². The first-order chi connectivity index (χ1) is 17.1. The Bertz CT molecular complexity index is 1490. The first-order valence-corrected chi connectivity index (χ1v) is 13.5. The molecule has 36 heavy (non-hydrogen) atoms. The van der Waals surface area contributed by atoms with Crippen LogP contribution in [0, 0.1) is 18.7 Å². The maximum atomic E-state index is 13.4. The van der Waals surface area contributed by atoms with Gasteiger partial charge in [0.1, 0.15) is 10.7 Å². The summed E-state index contributed by atoms with van der Waals surface area (Å²) in [5.41, 5.74) is 3.86. The molecule has 0 N–H and O–H groups in total. The first-order valence-electron chi connectivity index (χ1n) is 12.1. The molecule has 0 aliphatic carbocycles. The number of piperazine rings is 1. The Labute approximate surface area is 211 Å². The van der Waals surface area contributed by atoms with E-state index < -0.39 is 10.0 Å². The van der Waals surface area contributed by atoms with E-state index >= 15 is 0 Å². The van der Waals surface area contributed by atoms with Gasteiger partial charge in [-0.2, -0.15) is 14.5 Å². The molecule has 8 nitrogen and oxygen atoms in total. The first kappa shape index (κ1) is 24.6. The van der Waals surface area contributed by atoms with Crippen molar-refractivity contribution in [3.63, 3.8) is 0 Å². The molecule has 2 aromatic heterocycles. The Morgan fingerprint density at radius 1 is 1.08 bits per heavy atom. The normalized spacial score (nSPS) is 17.9. The molecular formula is C26H31FN6O2S. The molecule has 10 heteroatoms. The van der Waals surface area contributed by atoms with Gasteiger partial charge in [-0.1, -0.05) is 13.8 Å². The highest BCUT2D eigenvalue weighted by Gasteiger charge is 2.36. The van der Waals surface area contributed by atoms with Crippen LogP contribution in [-0.2, 0) is 17.1 Å². The van der Waals surface area contributed by atoms with Crippen molar-refractivity contribution in [3.8, 4) is 5.69 Å². The molecule has 0 saturated carbocycles. The molecule has 4 aromatic rings. The molecule has 0 radical (unpaired) electrons. The second-order valence-electron chi connectivity index (χ2n) is 9.92. The second kappa shape index (κ2) is 9.42. The summed E-state index contributed by atoms with van der Waals surface area (Å²) >= 11 is 0. The number of rotatable bonds is 6. The summed E-state index contributed by atoms with van der Waals surface area (Å²) in [5, 5.41) is 9.57. The lowest BCUT2D eigenvalue weighted by molar-refractivity contribution is 0.105. The van der Waals surface area contributed by atoms with Crippen LogP contribution in [0.5, 0.6) is 0 Å². The van der Waals surface area contributed by atoms with Gasteiger partial charge >= 0.3 is 0 Å². The maximum Gasteiger partial charge on any atom is 0.246 e. The van der Waals surface area contributed by atoms with E-state index in [0.29, 0.717) is 25.6 Å². The maximum absolute atomic E-state index is 13.4. The minimum Gasteiger partial charge on any atom is -0.293 e. The molecule has 1 saturated heterocycles. The van der Waals surface area contributed by atoms with E-state index in [0.717, 1.165) is 34.3 Å². The fraction of sp³-hybridized carbons (Fsp3) is 0.385. The number of nitrogens with zero attached hydrogens (tertiary/aromatic N) is 6. The lowest BCUT2D eigenvalue weighted by atomic mass is 9.96. The van der Waals surface area contributed by atoms with Crippen molar-refractivity contribution >= 4 is 20.9 Å². The number of aromatic nitrogens is 4. The molecule has 0 bridgehead atoms. The van der Waals surface area contributed by atoms with Crippen LogP contribution in [0.25, 0.3) is 16.6 Å². The van der Waals surface area contributed by atoms with Gasteiger partial charge in [-0.3, -0.25) is 9.58 Å². The Morgan fingerprint density at radius 3 is 2.50 bits per heavy atom. The van der Waals surface area contributed by atoms with Gasteiger partial charge in [0.25, 0.3) is 0 Å². The van der Waals surface area contributed by atoms with Crippen LogP contribution in [0.1, 0.15) is 31.0 Å². The summed E-state index contributed by atoms with van der Waals surface area (Å²) in [7, 11) is -1.93. The highest BCUT2D eigenvalue weighted by molar-refractivity contribution is 7.89. The lowest BCUT2D eigenvalue weighted by Gasteiger charge is -2.42. The monoisotopic (exact) mass is 510 g/mol. The number of aryl methyl sites for hydroxylation is 2. The molecule has 1 aliphatic heterocycles. The molecule has 1 fully saturated rings. The lowest BCUT2D eigenvalue weighted by Crippen LogP contribution is -2.51. The third-order valence-electron chi connectivity index (χ3n) is 6.76. The standard InChI is InChI=1S/C26H31FN6O2S/c1-18(2)15-31-9-10-32(36(34,35)23-14-28-30(4)16-23)17-26(31)24-12-20-13-29-33(25(20)11-19(24)3)22-7-5-21(27)6-8-22/h5-8,11-14,16,18,26H,9-10,15,17H2,1-4H3/t26-/m1/s1. The van der Waals surface area contributed by atoms with E-state index in [2.05, 4.69) is 48.0 Å². The smallest absolute Gasteiger partial charge is 0.246 e. The Morgan fingerprint density at radius 2 is 1.83 bits per heavy atom. The second-order valence-corrected chi connectivity index (χ2v) is 11.9.